The smallest absolute Gasteiger partial charge is 0.181 e. The van der Waals surface area contributed by atoms with Crippen molar-refractivity contribution in [2.75, 3.05) is 0 Å². The van der Waals surface area contributed by atoms with Gasteiger partial charge in [-0.3, -0.25) is 0 Å². The van der Waals surface area contributed by atoms with Gasteiger partial charge in [0.25, 0.3) is 0 Å². The zero-order valence-electron chi connectivity index (χ0n) is 9.60. The summed E-state index contributed by atoms with van der Waals surface area (Å²) in [5, 5.41) is 0. The number of aromatic nitrogens is 4. The Morgan fingerprint density at radius 3 is 2.53 bits per heavy atom. The van der Waals surface area contributed by atoms with Crippen molar-refractivity contribution in [3.05, 3.63) is 18.3 Å². The first-order valence-electron chi connectivity index (χ1n) is 5.29. The fourth-order valence-corrected chi connectivity index (χ4v) is 1.81. The first kappa shape index (κ1) is 10.1. The molecule has 2 heterocycles. The van der Waals surface area contributed by atoms with E-state index in [2.05, 4.69) is 47.2 Å². The molecule has 0 unspecified atom stereocenters. The van der Waals surface area contributed by atoms with E-state index in [1.165, 1.54) is 0 Å². The Morgan fingerprint density at radius 1 is 1.20 bits per heavy atom. The van der Waals surface area contributed by atoms with Crippen molar-refractivity contribution >= 4 is 11.2 Å². The molecular weight excluding hydrogens is 188 g/mol. The molecule has 0 amide bonds. The van der Waals surface area contributed by atoms with E-state index in [4.69, 9.17) is 0 Å². The summed E-state index contributed by atoms with van der Waals surface area (Å²) < 4.78 is 2.21. The van der Waals surface area contributed by atoms with Crippen molar-refractivity contribution in [3.63, 3.8) is 0 Å². The molecule has 0 spiro atoms. The second-order valence-electron chi connectivity index (χ2n) is 4.32. The van der Waals surface area contributed by atoms with Gasteiger partial charge in [0.2, 0.25) is 0 Å². The average molecular weight is 204 g/mol. The van der Waals surface area contributed by atoms with Gasteiger partial charge in [-0.2, -0.15) is 0 Å². The van der Waals surface area contributed by atoms with Crippen LogP contribution in [0.3, 0.4) is 0 Å². The van der Waals surface area contributed by atoms with Gasteiger partial charge >= 0.3 is 0 Å². The minimum atomic E-state index is 0.387. The van der Waals surface area contributed by atoms with Gasteiger partial charge in [-0.1, -0.05) is 13.8 Å². The topological polar surface area (TPSA) is 43.6 Å². The van der Waals surface area contributed by atoms with Crippen molar-refractivity contribution in [2.45, 2.75) is 39.7 Å². The minimum absolute atomic E-state index is 0.387. The Hall–Kier alpha value is -1.45. The quantitative estimate of drug-likeness (QED) is 0.755. The molecule has 0 aliphatic heterocycles. The number of hydrogen-bond acceptors (Lipinski definition) is 3. The highest BCUT2D eigenvalue weighted by Crippen LogP contribution is 2.23. The van der Waals surface area contributed by atoms with Gasteiger partial charge in [-0.05, 0) is 13.8 Å². The molecular formula is C11H16N4. The van der Waals surface area contributed by atoms with Gasteiger partial charge in [-0.15, -0.1) is 0 Å². The number of fused-ring (bicyclic) bond motifs is 1. The third kappa shape index (κ3) is 1.60. The van der Waals surface area contributed by atoms with Crippen molar-refractivity contribution in [1.82, 2.24) is 19.5 Å². The van der Waals surface area contributed by atoms with E-state index >= 15 is 0 Å². The van der Waals surface area contributed by atoms with E-state index in [1.807, 2.05) is 6.20 Å². The summed E-state index contributed by atoms with van der Waals surface area (Å²) >= 11 is 0. The van der Waals surface area contributed by atoms with Gasteiger partial charge in [0.05, 0.1) is 6.20 Å². The molecule has 80 valence electrons. The summed E-state index contributed by atoms with van der Waals surface area (Å²) in [5.74, 6) is 1.49. The molecule has 4 heteroatoms. The monoisotopic (exact) mass is 204 g/mol. The molecule has 4 nitrogen and oxygen atoms in total. The van der Waals surface area contributed by atoms with Gasteiger partial charge in [0.15, 0.2) is 5.65 Å². The van der Waals surface area contributed by atoms with Crippen LogP contribution in [0.15, 0.2) is 12.5 Å². The van der Waals surface area contributed by atoms with Crippen LogP contribution in [-0.4, -0.2) is 19.5 Å². The second-order valence-corrected chi connectivity index (χ2v) is 4.32. The maximum atomic E-state index is 4.55. The van der Waals surface area contributed by atoms with E-state index in [0.717, 1.165) is 17.0 Å². The zero-order valence-corrected chi connectivity index (χ0v) is 9.60. The average Bonchev–Trinajstić information content (AvgIpc) is 2.56. The Balaban J connectivity index is 2.75. The summed E-state index contributed by atoms with van der Waals surface area (Å²) in [6.07, 6.45) is 3.38. The van der Waals surface area contributed by atoms with Gasteiger partial charge in [-0.25, -0.2) is 15.0 Å². The van der Waals surface area contributed by atoms with Crippen LogP contribution in [-0.2, 0) is 0 Å². The van der Waals surface area contributed by atoms with Crippen LogP contribution < -0.4 is 0 Å². The first-order valence-corrected chi connectivity index (χ1v) is 5.29. The van der Waals surface area contributed by atoms with Crippen molar-refractivity contribution < 1.29 is 0 Å². The summed E-state index contributed by atoms with van der Waals surface area (Å²) in [6.45, 7) is 8.60. The van der Waals surface area contributed by atoms with Crippen LogP contribution in [0.1, 0.15) is 45.5 Å². The molecule has 0 saturated carbocycles. The lowest BCUT2D eigenvalue weighted by Crippen LogP contribution is -2.07. The number of imidazole rings is 1. The first-order chi connectivity index (χ1) is 7.11. The summed E-state index contributed by atoms with van der Waals surface area (Å²) in [6, 6.07) is 0.387. The van der Waals surface area contributed by atoms with E-state index in [1.54, 1.807) is 6.33 Å². The fourth-order valence-electron chi connectivity index (χ4n) is 1.81. The normalized spacial score (nSPS) is 11.9. The molecule has 15 heavy (non-hydrogen) atoms. The lowest BCUT2D eigenvalue weighted by molar-refractivity contribution is 0.564. The van der Waals surface area contributed by atoms with Crippen LogP contribution in [0.2, 0.25) is 0 Å². The number of rotatable bonds is 2. The van der Waals surface area contributed by atoms with Crippen LogP contribution in [0.4, 0.5) is 0 Å². The number of nitrogens with zero attached hydrogens (tertiary/aromatic N) is 4. The molecule has 0 saturated heterocycles. The molecule has 0 aromatic carbocycles. The minimum Gasteiger partial charge on any atom is -0.323 e. The van der Waals surface area contributed by atoms with Crippen LogP contribution in [0, 0.1) is 0 Å². The molecule has 0 aliphatic carbocycles. The third-order valence-corrected chi connectivity index (χ3v) is 2.43. The number of hydrogen-bond donors (Lipinski definition) is 0. The van der Waals surface area contributed by atoms with E-state index in [-0.39, 0.29) is 0 Å². The van der Waals surface area contributed by atoms with Crippen LogP contribution >= 0.6 is 0 Å². The summed E-state index contributed by atoms with van der Waals surface area (Å²) in [7, 11) is 0. The van der Waals surface area contributed by atoms with Crippen molar-refractivity contribution in [3.8, 4) is 0 Å². The van der Waals surface area contributed by atoms with Crippen molar-refractivity contribution in [1.29, 1.82) is 0 Å². The van der Waals surface area contributed by atoms with Gasteiger partial charge in [0, 0.05) is 12.0 Å². The molecule has 0 radical (unpaired) electrons. The molecule has 2 aromatic heterocycles. The summed E-state index contributed by atoms with van der Waals surface area (Å²) in [5.41, 5.74) is 1.82. The Morgan fingerprint density at radius 2 is 1.93 bits per heavy atom. The maximum Gasteiger partial charge on any atom is 0.181 e. The highest BCUT2D eigenvalue weighted by molar-refractivity contribution is 5.70. The van der Waals surface area contributed by atoms with E-state index in [0.29, 0.717) is 12.0 Å². The van der Waals surface area contributed by atoms with Gasteiger partial charge < -0.3 is 4.57 Å². The molecule has 2 aromatic rings. The van der Waals surface area contributed by atoms with Crippen molar-refractivity contribution in [2.24, 2.45) is 0 Å². The SMILES string of the molecule is CC(C)c1nc2ncncc2n1C(C)C. The van der Waals surface area contributed by atoms with E-state index < -0.39 is 0 Å². The Kier molecular flexibility index (Phi) is 2.42. The van der Waals surface area contributed by atoms with E-state index in [9.17, 15) is 0 Å². The standard InChI is InChI=1S/C11H16N4/c1-7(2)11-14-10-9(5-12-6-13-10)15(11)8(3)4/h5-8H,1-4H3. The molecule has 0 fully saturated rings. The lowest BCUT2D eigenvalue weighted by Gasteiger charge is -2.14. The largest absolute Gasteiger partial charge is 0.323 e. The lowest BCUT2D eigenvalue weighted by atomic mass is 10.2. The highest BCUT2D eigenvalue weighted by atomic mass is 15.1. The second kappa shape index (κ2) is 3.61. The predicted molar refractivity (Wildman–Crippen MR) is 59.8 cm³/mol. The molecule has 2 rings (SSSR count). The maximum absolute atomic E-state index is 4.55. The summed E-state index contributed by atoms with van der Waals surface area (Å²) in [4.78, 5) is 12.8. The van der Waals surface area contributed by atoms with Gasteiger partial charge in [0.1, 0.15) is 17.7 Å². The predicted octanol–water partition coefficient (Wildman–Crippen LogP) is 2.53. The molecule has 0 atom stereocenters. The van der Waals surface area contributed by atoms with Crippen LogP contribution in [0.5, 0.6) is 0 Å². The Bertz CT molecular complexity index is 470. The molecule has 0 aliphatic rings. The molecule has 0 bridgehead atoms. The molecule has 0 N–H and O–H groups in total. The fraction of sp³-hybridized carbons (Fsp3) is 0.545. The van der Waals surface area contributed by atoms with Crippen LogP contribution in [0.25, 0.3) is 11.2 Å². The highest BCUT2D eigenvalue weighted by Gasteiger charge is 2.16. The third-order valence-electron chi connectivity index (χ3n) is 2.43. The Labute approximate surface area is 89.4 Å². The zero-order chi connectivity index (χ0) is 11.0.